The van der Waals surface area contributed by atoms with Crippen LogP contribution in [-0.4, -0.2) is 49.6 Å². The van der Waals surface area contributed by atoms with Crippen LogP contribution in [0.2, 0.25) is 5.28 Å². The Bertz CT molecular complexity index is 610. The average Bonchev–Trinajstić information content (AvgIpc) is 3.05. The summed E-state index contributed by atoms with van der Waals surface area (Å²) >= 11 is 7.20. The molecule has 1 aliphatic rings. The number of nitrogens with one attached hydrogen (secondary N) is 1. The van der Waals surface area contributed by atoms with Crippen molar-refractivity contribution in [3.63, 3.8) is 0 Å². The van der Waals surface area contributed by atoms with Gasteiger partial charge < -0.3 is 9.88 Å². The van der Waals surface area contributed by atoms with E-state index in [-0.39, 0.29) is 11.2 Å². The maximum Gasteiger partial charge on any atom is 0.232 e. The molecule has 1 N–H and O–H groups in total. The van der Waals surface area contributed by atoms with E-state index in [9.17, 15) is 4.79 Å². The number of fused-ring (bicyclic) bond motifs is 1. The minimum Gasteiger partial charge on any atom is -0.342 e. The number of carbonyl (C=O) groups excluding carboxylic acids is 1. The second kappa shape index (κ2) is 5.34. The molecule has 3 rings (SSSR count). The highest BCUT2D eigenvalue weighted by molar-refractivity contribution is 8.00. The van der Waals surface area contributed by atoms with E-state index in [1.807, 2.05) is 4.90 Å². The van der Waals surface area contributed by atoms with Crippen LogP contribution in [0.1, 0.15) is 12.8 Å². The van der Waals surface area contributed by atoms with E-state index in [0.717, 1.165) is 31.4 Å². The highest BCUT2D eigenvalue weighted by Crippen LogP contribution is 2.24. The number of aromatic amines is 1. The van der Waals surface area contributed by atoms with Gasteiger partial charge in [0.05, 0.1) is 12.1 Å². The zero-order chi connectivity index (χ0) is 13.2. The first-order valence-electron chi connectivity index (χ1n) is 6.01. The topological polar surface area (TPSA) is 74.8 Å². The lowest BCUT2D eigenvalue weighted by Gasteiger charge is -2.14. The number of likely N-dealkylation sites (tertiary alicyclic amines) is 1. The lowest BCUT2D eigenvalue weighted by molar-refractivity contribution is -0.127. The number of aromatic nitrogens is 4. The van der Waals surface area contributed by atoms with E-state index >= 15 is 0 Å². The van der Waals surface area contributed by atoms with Crippen molar-refractivity contribution < 1.29 is 4.79 Å². The summed E-state index contributed by atoms with van der Waals surface area (Å²) < 4.78 is 0. The molecular weight excluding hydrogens is 286 g/mol. The Labute approximate surface area is 119 Å². The molecule has 0 spiro atoms. The third kappa shape index (κ3) is 2.66. The number of thioether (sulfide) groups is 1. The summed E-state index contributed by atoms with van der Waals surface area (Å²) in [5, 5.41) is 0.816. The highest BCUT2D eigenvalue weighted by Gasteiger charge is 2.19. The van der Waals surface area contributed by atoms with E-state index in [1.165, 1.54) is 11.8 Å². The summed E-state index contributed by atoms with van der Waals surface area (Å²) in [6.45, 7) is 1.73. The smallest absolute Gasteiger partial charge is 0.232 e. The summed E-state index contributed by atoms with van der Waals surface area (Å²) in [6.07, 6.45) is 3.74. The molecule has 0 bridgehead atoms. The Morgan fingerprint density at radius 1 is 1.42 bits per heavy atom. The number of nitrogens with zero attached hydrogens (tertiary/aromatic N) is 4. The van der Waals surface area contributed by atoms with Gasteiger partial charge in [-0.2, -0.15) is 4.98 Å². The molecule has 0 unspecified atom stereocenters. The Morgan fingerprint density at radius 2 is 2.21 bits per heavy atom. The summed E-state index contributed by atoms with van der Waals surface area (Å²) in [6, 6.07) is 0. The molecule has 0 aromatic carbocycles. The third-order valence-corrected chi connectivity index (χ3v) is 4.15. The average molecular weight is 298 g/mol. The first-order valence-corrected chi connectivity index (χ1v) is 7.37. The Morgan fingerprint density at radius 3 is 3.00 bits per heavy atom. The number of hydrogen-bond donors (Lipinski definition) is 1. The van der Waals surface area contributed by atoms with Crippen molar-refractivity contribution in [2.24, 2.45) is 0 Å². The molecule has 0 saturated carbocycles. The number of rotatable bonds is 3. The molecular formula is C11H12ClN5OS. The minimum absolute atomic E-state index is 0.143. The predicted molar refractivity (Wildman–Crippen MR) is 73.2 cm³/mol. The van der Waals surface area contributed by atoms with Gasteiger partial charge in [0.2, 0.25) is 11.2 Å². The Balaban J connectivity index is 1.74. The number of halogens is 1. The van der Waals surface area contributed by atoms with Crippen LogP contribution in [0.15, 0.2) is 11.4 Å². The van der Waals surface area contributed by atoms with E-state index < -0.39 is 0 Å². The first kappa shape index (κ1) is 12.7. The van der Waals surface area contributed by atoms with E-state index in [4.69, 9.17) is 11.6 Å². The van der Waals surface area contributed by atoms with Crippen molar-refractivity contribution in [2.75, 3.05) is 18.8 Å². The third-order valence-electron chi connectivity index (χ3n) is 3.02. The maximum absolute atomic E-state index is 12.0. The van der Waals surface area contributed by atoms with Crippen molar-refractivity contribution in [2.45, 2.75) is 17.9 Å². The summed E-state index contributed by atoms with van der Waals surface area (Å²) in [5.41, 5.74) is 1.25. The van der Waals surface area contributed by atoms with Crippen LogP contribution in [-0.2, 0) is 4.79 Å². The van der Waals surface area contributed by atoms with Crippen LogP contribution in [0.4, 0.5) is 0 Å². The maximum atomic E-state index is 12.0. The van der Waals surface area contributed by atoms with Gasteiger partial charge >= 0.3 is 0 Å². The fraction of sp³-hybridized carbons (Fsp3) is 0.455. The van der Waals surface area contributed by atoms with Crippen LogP contribution in [0.3, 0.4) is 0 Å². The molecule has 1 amide bonds. The van der Waals surface area contributed by atoms with E-state index in [2.05, 4.69) is 19.9 Å². The normalized spacial score (nSPS) is 15.3. The van der Waals surface area contributed by atoms with E-state index in [0.29, 0.717) is 16.4 Å². The van der Waals surface area contributed by atoms with Gasteiger partial charge in [0.25, 0.3) is 0 Å². The van der Waals surface area contributed by atoms with Crippen molar-refractivity contribution in [1.82, 2.24) is 24.8 Å². The van der Waals surface area contributed by atoms with Gasteiger partial charge in [0, 0.05) is 13.1 Å². The van der Waals surface area contributed by atoms with Crippen LogP contribution in [0, 0.1) is 0 Å². The molecule has 1 saturated heterocycles. The van der Waals surface area contributed by atoms with Crippen LogP contribution >= 0.6 is 23.4 Å². The lowest BCUT2D eigenvalue weighted by atomic mass is 10.4. The summed E-state index contributed by atoms with van der Waals surface area (Å²) in [7, 11) is 0. The van der Waals surface area contributed by atoms with Gasteiger partial charge in [-0.15, -0.1) is 0 Å². The summed E-state index contributed by atoms with van der Waals surface area (Å²) in [5.74, 6) is 0.506. The second-order valence-electron chi connectivity index (χ2n) is 4.28. The van der Waals surface area contributed by atoms with E-state index in [1.54, 1.807) is 6.33 Å². The minimum atomic E-state index is 0.143. The quantitative estimate of drug-likeness (QED) is 0.530. The SMILES string of the molecule is O=C(CSc1nc(Cl)nc2nc[nH]c12)N1CCCC1. The van der Waals surface area contributed by atoms with Gasteiger partial charge in [0.1, 0.15) is 10.5 Å². The van der Waals surface area contributed by atoms with Crippen molar-refractivity contribution >= 4 is 40.4 Å². The van der Waals surface area contributed by atoms with Gasteiger partial charge in [-0.05, 0) is 24.4 Å². The molecule has 100 valence electrons. The summed E-state index contributed by atoms with van der Waals surface area (Å²) in [4.78, 5) is 29.0. The Hall–Kier alpha value is -1.34. The van der Waals surface area contributed by atoms with Crippen LogP contribution < -0.4 is 0 Å². The predicted octanol–water partition coefficient (Wildman–Crippen LogP) is 1.72. The molecule has 2 aromatic rings. The molecule has 0 atom stereocenters. The molecule has 3 heterocycles. The van der Waals surface area contributed by atoms with Crippen LogP contribution in [0.25, 0.3) is 11.2 Å². The monoisotopic (exact) mass is 297 g/mol. The largest absolute Gasteiger partial charge is 0.342 e. The second-order valence-corrected chi connectivity index (χ2v) is 5.58. The molecule has 8 heteroatoms. The van der Waals surface area contributed by atoms with Gasteiger partial charge in [-0.25, -0.2) is 9.97 Å². The zero-order valence-corrected chi connectivity index (χ0v) is 11.7. The molecule has 19 heavy (non-hydrogen) atoms. The molecule has 6 nitrogen and oxygen atoms in total. The van der Waals surface area contributed by atoms with Gasteiger partial charge in [-0.1, -0.05) is 11.8 Å². The number of imidazole rings is 1. The van der Waals surface area contributed by atoms with Gasteiger partial charge in [0.15, 0.2) is 5.65 Å². The number of carbonyl (C=O) groups is 1. The number of hydrogen-bond acceptors (Lipinski definition) is 5. The van der Waals surface area contributed by atoms with Crippen molar-refractivity contribution in [1.29, 1.82) is 0 Å². The lowest BCUT2D eigenvalue weighted by Crippen LogP contribution is -2.29. The van der Waals surface area contributed by atoms with Crippen molar-refractivity contribution in [3.05, 3.63) is 11.6 Å². The Kier molecular flexibility index (Phi) is 3.56. The number of amides is 1. The fourth-order valence-electron chi connectivity index (χ4n) is 2.07. The molecule has 0 aliphatic carbocycles. The van der Waals surface area contributed by atoms with Gasteiger partial charge in [-0.3, -0.25) is 4.79 Å². The molecule has 1 fully saturated rings. The first-order chi connectivity index (χ1) is 9.24. The number of H-pyrrole nitrogens is 1. The fourth-order valence-corrected chi connectivity index (χ4v) is 3.18. The molecule has 2 aromatic heterocycles. The standard InChI is InChI=1S/C11H12ClN5OS/c12-11-15-9-8(13-6-14-9)10(16-11)19-5-7(18)17-3-1-2-4-17/h6H,1-5H2,(H,13,14,15,16). The van der Waals surface area contributed by atoms with Crippen molar-refractivity contribution in [3.8, 4) is 0 Å². The zero-order valence-electron chi connectivity index (χ0n) is 10.1. The van der Waals surface area contributed by atoms with Crippen LogP contribution in [0.5, 0.6) is 0 Å². The molecule has 1 aliphatic heterocycles. The highest BCUT2D eigenvalue weighted by atomic mass is 35.5. The molecule has 0 radical (unpaired) electrons.